The van der Waals surface area contributed by atoms with Crippen molar-refractivity contribution in [2.75, 3.05) is 0 Å². The Morgan fingerprint density at radius 2 is 2.06 bits per heavy atom. The molecule has 18 heavy (non-hydrogen) atoms. The standard InChI is InChI=1S/C14H22N2OS/c1-12(2)9-14(13(3,4)17-12,16-10-5-6-10)11-15-7-8-18-11/h7-8,10,16H,5-6,9H2,1-4H3. The van der Waals surface area contributed by atoms with Crippen LogP contribution in [0.15, 0.2) is 11.6 Å². The molecule has 1 saturated carbocycles. The van der Waals surface area contributed by atoms with Crippen molar-refractivity contribution in [1.82, 2.24) is 10.3 Å². The molecule has 1 aliphatic heterocycles. The predicted octanol–water partition coefficient (Wildman–Crippen LogP) is 3.07. The van der Waals surface area contributed by atoms with Crippen LogP contribution < -0.4 is 5.32 Å². The Hall–Kier alpha value is -0.450. The first-order valence-electron chi connectivity index (χ1n) is 6.73. The first kappa shape index (κ1) is 12.6. The van der Waals surface area contributed by atoms with E-state index in [0.717, 1.165) is 6.42 Å². The molecule has 2 aliphatic rings. The molecule has 2 heterocycles. The minimum atomic E-state index is -0.225. The highest BCUT2D eigenvalue weighted by atomic mass is 32.1. The zero-order valence-corrected chi connectivity index (χ0v) is 12.4. The van der Waals surface area contributed by atoms with Gasteiger partial charge in [0, 0.05) is 24.0 Å². The van der Waals surface area contributed by atoms with E-state index in [1.54, 1.807) is 11.3 Å². The van der Waals surface area contributed by atoms with Gasteiger partial charge in [-0.1, -0.05) is 0 Å². The summed E-state index contributed by atoms with van der Waals surface area (Å²) < 4.78 is 6.31. The summed E-state index contributed by atoms with van der Waals surface area (Å²) in [6.07, 6.45) is 5.45. The smallest absolute Gasteiger partial charge is 0.116 e. The lowest BCUT2D eigenvalue weighted by atomic mass is 9.79. The SMILES string of the molecule is CC1(C)CC(NC2CC2)(c2nccs2)C(C)(C)O1. The molecule has 2 fully saturated rings. The number of thiazole rings is 1. The van der Waals surface area contributed by atoms with Gasteiger partial charge in [0.05, 0.1) is 11.2 Å². The van der Waals surface area contributed by atoms with E-state index in [9.17, 15) is 0 Å². The summed E-state index contributed by atoms with van der Waals surface area (Å²) in [6, 6.07) is 0.644. The molecule has 1 N–H and O–H groups in total. The van der Waals surface area contributed by atoms with Crippen LogP contribution in [0.1, 0.15) is 52.0 Å². The molecule has 0 spiro atoms. The molecule has 0 bridgehead atoms. The van der Waals surface area contributed by atoms with Gasteiger partial charge in [0.2, 0.25) is 0 Å². The third-order valence-electron chi connectivity index (χ3n) is 4.08. The van der Waals surface area contributed by atoms with Gasteiger partial charge in [-0.05, 0) is 40.5 Å². The van der Waals surface area contributed by atoms with E-state index in [1.165, 1.54) is 17.8 Å². The lowest BCUT2D eigenvalue weighted by Gasteiger charge is -2.39. The van der Waals surface area contributed by atoms with Gasteiger partial charge >= 0.3 is 0 Å². The first-order chi connectivity index (χ1) is 8.35. The number of ether oxygens (including phenoxy) is 1. The van der Waals surface area contributed by atoms with E-state index in [4.69, 9.17) is 4.74 Å². The summed E-state index contributed by atoms with van der Waals surface area (Å²) in [5, 5.41) is 7.07. The second kappa shape index (κ2) is 3.78. The molecule has 1 atom stereocenters. The van der Waals surface area contributed by atoms with Gasteiger partial charge in [0.15, 0.2) is 0 Å². The van der Waals surface area contributed by atoms with Crippen molar-refractivity contribution in [2.45, 2.75) is 69.7 Å². The van der Waals surface area contributed by atoms with Gasteiger partial charge in [0.1, 0.15) is 10.5 Å². The molecule has 1 aliphatic carbocycles. The van der Waals surface area contributed by atoms with E-state index in [2.05, 4.69) is 43.4 Å². The van der Waals surface area contributed by atoms with Crippen molar-refractivity contribution in [3.05, 3.63) is 16.6 Å². The quantitative estimate of drug-likeness (QED) is 0.913. The van der Waals surface area contributed by atoms with Crippen LogP contribution >= 0.6 is 11.3 Å². The number of nitrogens with zero attached hydrogens (tertiary/aromatic N) is 1. The molecule has 1 aromatic heterocycles. The average molecular weight is 266 g/mol. The Bertz CT molecular complexity index is 437. The van der Waals surface area contributed by atoms with Crippen LogP contribution in [-0.2, 0) is 10.3 Å². The molecule has 1 aromatic rings. The lowest BCUT2D eigenvalue weighted by Crippen LogP contribution is -2.55. The van der Waals surface area contributed by atoms with Gasteiger partial charge in [0.25, 0.3) is 0 Å². The zero-order chi connectivity index (χ0) is 13.0. The summed E-state index contributed by atoms with van der Waals surface area (Å²) in [5.74, 6) is 0. The number of hydrogen-bond donors (Lipinski definition) is 1. The van der Waals surface area contributed by atoms with Gasteiger partial charge < -0.3 is 10.1 Å². The Morgan fingerprint density at radius 1 is 1.33 bits per heavy atom. The van der Waals surface area contributed by atoms with Crippen LogP contribution in [0.3, 0.4) is 0 Å². The fourth-order valence-corrected chi connectivity index (χ4v) is 4.25. The molecule has 0 amide bonds. The monoisotopic (exact) mass is 266 g/mol. The van der Waals surface area contributed by atoms with E-state index < -0.39 is 0 Å². The highest BCUT2D eigenvalue weighted by Crippen LogP contribution is 2.52. The van der Waals surface area contributed by atoms with E-state index in [0.29, 0.717) is 6.04 Å². The van der Waals surface area contributed by atoms with Gasteiger partial charge in [-0.3, -0.25) is 0 Å². The molecule has 0 aromatic carbocycles. The number of nitrogens with one attached hydrogen (secondary N) is 1. The fraction of sp³-hybridized carbons (Fsp3) is 0.786. The summed E-state index contributed by atoms with van der Waals surface area (Å²) in [7, 11) is 0. The van der Waals surface area contributed by atoms with Crippen LogP contribution in [-0.4, -0.2) is 22.2 Å². The van der Waals surface area contributed by atoms with E-state index in [-0.39, 0.29) is 16.7 Å². The van der Waals surface area contributed by atoms with Gasteiger partial charge in [-0.2, -0.15) is 0 Å². The molecular formula is C14H22N2OS. The maximum atomic E-state index is 6.31. The molecule has 3 rings (SSSR count). The van der Waals surface area contributed by atoms with E-state index >= 15 is 0 Å². The zero-order valence-electron chi connectivity index (χ0n) is 11.6. The maximum absolute atomic E-state index is 6.31. The van der Waals surface area contributed by atoms with Crippen LogP contribution in [0.25, 0.3) is 0 Å². The molecule has 0 radical (unpaired) electrons. The van der Waals surface area contributed by atoms with Gasteiger partial charge in [-0.15, -0.1) is 11.3 Å². The summed E-state index contributed by atoms with van der Waals surface area (Å²) in [6.45, 7) is 8.74. The van der Waals surface area contributed by atoms with Crippen molar-refractivity contribution >= 4 is 11.3 Å². The molecule has 4 heteroatoms. The third-order valence-corrected chi connectivity index (χ3v) is 5.01. The summed E-state index contributed by atoms with van der Waals surface area (Å²) >= 11 is 1.74. The van der Waals surface area contributed by atoms with Crippen LogP contribution in [0.4, 0.5) is 0 Å². The predicted molar refractivity (Wildman–Crippen MR) is 73.8 cm³/mol. The van der Waals surface area contributed by atoms with Crippen molar-refractivity contribution in [3.63, 3.8) is 0 Å². The average Bonchev–Trinajstić information content (AvgIpc) is 2.81. The fourth-order valence-electron chi connectivity index (χ4n) is 3.30. The van der Waals surface area contributed by atoms with Crippen LogP contribution in [0, 0.1) is 0 Å². The largest absolute Gasteiger partial charge is 0.367 e. The highest BCUT2D eigenvalue weighted by Gasteiger charge is 2.60. The van der Waals surface area contributed by atoms with Crippen molar-refractivity contribution < 1.29 is 4.74 Å². The Balaban J connectivity index is 2.04. The third kappa shape index (κ3) is 1.91. The van der Waals surface area contributed by atoms with Crippen molar-refractivity contribution in [2.24, 2.45) is 0 Å². The number of hydrogen-bond acceptors (Lipinski definition) is 4. The highest BCUT2D eigenvalue weighted by molar-refractivity contribution is 7.09. The molecule has 3 nitrogen and oxygen atoms in total. The molecule has 1 unspecified atom stereocenters. The Labute approximate surface area is 113 Å². The van der Waals surface area contributed by atoms with Crippen LogP contribution in [0.2, 0.25) is 0 Å². The minimum Gasteiger partial charge on any atom is -0.367 e. The van der Waals surface area contributed by atoms with Crippen molar-refractivity contribution in [3.8, 4) is 0 Å². The molecular weight excluding hydrogens is 244 g/mol. The summed E-state index contributed by atoms with van der Waals surface area (Å²) in [4.78, 5) is 4.59. The second-order valence-electron chi connectivity index (χ2n) is 6.71. The molecule has 1 saturated heterocycles. The topological polar surface area (TPSA) is 34.2 Å². The van der Waals surface area contributed by atoms with Gasteiger partial charge in [-0.25, -0.2) is 4.98 Å². The summed E-state index contributed by atoms with van der Waals surface area (Å²) in [5.41, 5.74) is -0.458. The number of aromatic nitrogens is 1. The second-order valence-corrected chi connectivity index (χ2v) is 7.60. The Kier molecular flexibility index (Phi) is 2.64. The first-order valence-corrected chi connectivity index (χ1v) is 7.61. The Morgan fingerprint density at radius 3 is 2.50 bits per heavy atom. The lowest BCUT2D eigenvalue weighted by molar-refractivity contribution is -0.0846. The minimum absolute atomic E-state index is 0.100. The van der Waals surface area contributed by atoms with Crippen molar-refractivity contribution in [1.29, 1.82) is 0 Å². The number of rotatable bonds is 3. The maximum Gasteiger partial charge on any atom is 0.116 e. The normalized spacial score (nSPS) is 33.8. The van der Waals surface area contributed by atoms with E-state index in [1.807, 2.05) is 6.20 Å². The molecule has 100 valence electrons. The van der Waals surface area contributed by atoms with Crippen LogP contribution in [0.5, 0.6) is 0 Å².